The minimum atomic E-state index is 0.271. The maximum absolute atomic E-state index is 5.34. The molecule has 0 amide bonds. The summed E-state index contributed by atoms with van der Waals surface area (Å²) in [5, 5.41) is 0. The van der Waals surface area contributed by atoms with Crippen LogP contribution < -0.4 is 14.1 Å². The number of nitrogens with zero attached hydrogens (tertiary/aromatic N) is 2. The van der Waals surface area contributed by atoms with E-state index in [0.29, 0.717) is 15.0 Å². The topological polar surface area (TPSA) is 24.8 Å². The molecule has 3 nitrogen and oxygen atoms in total. The van der Waals surface area contributed by atoms with E-state index in [1.54, 1.807) is 7.11 Å². The van der Waals surface area contributed by atoms with E-state index in [1.165, 1.54) is 20.4 Å². The van der Waals surface area contributed by atoms with Crippen molar-refractivity contribution in [3.8, 4) is 5.75 Å². The van der Waals surface area contributed by atoms with Gasteiger partial charge in [-0.15, -0.1) is 0 Å². The molecule has 2 aromatic carbocycles. The molecule has 20 heavy (non-hydrogen) atoms. The number of fused-ring (bicyclic) bond motifs is 3. The zero-order chi connectivity index (χ0) is 13.5. The van der Waals surface area contributed by atoms with E-state index in [-0.39, 0.29) is 6.04 Å². The van der Waals surface area contributed by atoms with Crippen LogP contribution in [0.1, 0.15) is 11.6 Å². The van der Waals surface area contributed by atoms with Gasteiger partial charge in [0.25, 0.3) is 0 Å². The van der Waals surface area contributed by atoms with Gasteiger partial charge in [0.05, 0.1) is 0 Å². The molecule has 0 bridgehead atoms. The van der Waals surface area contributed by atoms with Gasteiger partial charge >= 0.3 is 124 Å². The number of benzene rings is 2. The van der Waals surface area contributed by atoms with Crippen molar-refractivity contribution in [2.45, 2.75) is 6.04 Å². The molecule has 2 heterocycles. The first-order chi connectivity index (χ1) is 9.85. The third kappa shape index (κ3) is 1.84. The van der Waals surface area contributed by atoms with E-state index in [9.17, 15) is 0 Å². The van der Waals surface area contributed by atoms with Crippen LogP contribution in [0.25, 0.3) is 0 Å². The predicted molar refractivity (Wildman–Crippen MR) is 82.3 cm³/mol. The number of anilines is 1. The van der Waals surface area contributed by atoms with Crippen LogP contribution in [0.4, 0.5) is 5.69 Å². The Balaban J connectivity index is 1.67. The zero-order valence-corrected chi connectivity index (χ0v) is 12.8. The Morgan fingerprint density at radius 2 is 2.05 bits per heavy atom. The number of hydrogen-bond acceptors (Lipinski definition) is 3. The molecule has 1 atom stereocenters. The molecule has 0 aromatic heterocycles. The first kappa shape index (κ1) is 12.0. The van der Waals surface area contributed by atoms with Gasteiger partial charge in [-0.05, 0) is 0 Å². The van der Waals surface area contributed by atoms with E-state index < -0.39 is 0 Å². The fraction of sp³-hybridized carbons (Fsp3) is 0.188. The summed E-state index contributed by atoms with van der Waals surface area (Å²) in [4.78, 5) is 7.28. The molecule has 0 saturated heterocycles. The third-order valence-electron chi connectivity index (χ3n) is 3.70. The van der Waals surface area contributed by atoms with Crippen LogP contribution in [0, 0.1) is 0 Å². The Hall–Kier alpha value is -1.77. The molecule has 100 valence electrons. The minimum absolute atomic E-state index is 0.271. The van der Waals surface area contributed by atoms with E-state index in [4.69, 9.17) is 9.73 Å². The summed E-state index contributed by atoms with van der Waals surface area (Å²) in [5.41, 5.74) is 2.58. The summed E-state index contributed by atoms with van der Waals surface area (Å²) in [6.07, 6.45) is 0. The molecule has 4 heteroatoms. The van der Waals surface area contributed by atoms with Crippen LogP contribution >= 0.6 is 0 Å². The molecule has 0 N–H and O–H groups in total. The molecule has 0 spiro atoms. The predicted octanol–water partition coefficient (Wildman–Crippen LogP) is 1.96. The summed E-state index contributed by atoms with van der Waals surface area (Å²) in [5.74, 6) is 0.920. The number of rotatable bonds is 2. The molecule has 4 rings (SSSR count). The molecule has 2 aliphatic rings. The average molecular weight is 329 g/mol. The van der Waals surface area contributed by atoms with Gasteiger partial charge in [0, 0.05) is 0 Å². The molecule has 0 saturated carbocycles. The number of aliphatic imine (C=N–C) groups is 1. The summed E-state index contributed by atoms with van der Waals surface area (Å²) in [6, 6.07) is 17.2. The molecule has 2 aliphatic heterocycles. The van der Waals surface area contributed by atoms with Crippen molar-refractivity contribution in [1.82, 2.24) is 0 Å². The third-order valence-corrected chi connectivity index (χ3v) is 5.95. The van der Waals surface area contributed by atoms with Crippen molar-refractivity contribution in [3.05, 3.63) is 54.1 Å². The van der Waals surface area contributed by atoms with Crippen molar-refractivity contribution in [2.24, 2.45) is 4.99 Å². The van der Waals surface area contributed by atoms with Crippen molar-refractivity contribution in [1.29, 1.82) is 0 Å². The summed E-state index contributed by atoms with van der Waals surface area (Å²) >= 11 is 0.325. The van der Waals surface area contributed by atoms with Gasteiger partial charge in [-0.1, -0.05) is 0 Å². The second kappa shape index (κ2) is 4.65. The number of hydrogen-bond donors (Lipinski definition) is 0. The van der Waals surface area contributed by atoms with Crippen molar-refractivity contribution < 1.29 is 4.74 Å². The average Bonchev–Trinajstić information content (AvgIpc) is 3.05. The van der Waals surface area contributed by atoms with Gasteiger partial charge in [0.2, 0.25) is 0 Å². The Morgan fingerprint density at radius 3 is 2.85 bits per heavy atom. The second-order valence-electron chi connectivity index (χ2n) is 4.88. The van der Waals surface area contributed by atoms with E-state index in [0.717, 1.165) is 12.3 Å². The van der Waals surface area contributed by atoms with Crippen LogP contribution in [-0.2, 0) is 0 Å². The maximum atomic E-state index is 5.34. The van der Waals surface area contributed by atoms with Gasteiger partial charge in [0.15, 0.2) is 0 Å². The van der Waals surface area contributed by atoms with Gasteiger partial charge in [-0.2, -0.15) is 0 Å². The summed E-state index contributed by atoms with van der Waals surface area (Å²) < 4.78 is 7.99. The fourth-order valence-corrected chi connectivity index (χ4v) is 4.90. The molecular weight excluding hydrogens is 315 g/mol. The van der Waals surface area contributed by atoms with E-state index in [1.807, 2.05) is 6.07 Å². The van der Waals surface area contributed by atoms with Crippen molar-refractivity contribution in [2.75, 3.05) is 18.6 Å². The van der Waals surface area contributed by atoms with Crippen LogP contribution in [0.3, 0.4) is 0 Å². The standard InChI is InChI=1S/C16H14N2OSe/c1-19-12-7-8-15-14(9-12)18-10-13(17-16(18)20-15)11-5-3-2-4-6-11/h2-9,13H,10H2,1H3/t13-/m0/s1. The molecule has 2 aromatic rings. The van der Waals surface area contributed by atoms with Gasteiger partial charge in [-0.25, -0.2) is 0 Å². The quantitative estimate of drug-likeness (QED) is 0.787. The Kier molecular flexibility index (Phi) is 2.79. The second-order valence-corrected chi connectivity index (χ2v) is 7.00. The molecule has 0 fully saturated rings. The monoisotopic (exact) mass is 330 g/mol. The number of ether oxygens (including phenoxy) is 1. The summed E-state index contributed by atoms with van der Waals surface area (Å²) in [7, 11) is 1.72. The Morgan fingerprint density at radius 1 is 1.20 bits per heavy atom. The van der Waals surface area contributed by atoms with Crippen molar-refractivity contribution >= 4 is 29.8 Å². The van der Waals surface area contributed by atoms with Crippen LogP contribution in [0.5, 0.6) is 5.75 Å². The van der Waals surface area contributed by atoms with Crippen LogP contribution in [0.15, 0.2) is 53.5 Å². The normalized spacial score (nSPS) is 19.6. The van der Waals surface area contributed by atoms with Gasteiger partial charge in [-0.3, -0.25) is 0 Å². The summed E-state index contributed by atoms with van der Waals surface area (Å²) in [6.45, 7) is 0.946. The van der Waals surface area contributed by atoms with E-state index >= 15 is 0 Å². The zero-order valence-electron chi connectivity index (χ0n) is 11.1. The van der Waals surface area contributed by atoms with Crippen molar-refractivity contribution in [3.63, 3.8) is 0 Å². The van der Waals surface area contributed by atoms with Gasteiger partial charge < -0.3 is 0 Å². The molecule has 0 unspecified atom stereocenters. The van der Waals surface area contributed by atoms with Crippen LogP contribution in [-0.4, -0.2) is 33.3 Å². The Bertz CT molecular complexity index is 684. The van der Waals surface area contributed by atoms with Crippen LogP contribution in [0.2, 0.25) is 0 Å². The SMILES string of the molecule is COc1ccc2c(c1)N1C[C@@H](c3ccccc3)N=C1[Se]2. The molecular formula is C16H14N2OSe. The van der Waals surface area contributed by atoms with Gasteiger partial charge in [0.1, 0.15) is 0 Å². The number of methoxy groups -OCH3 is 1. The number of amidine groups is 1. The Labute approximate surface area is 124 Å². The molecule has 0 aliphatic carbocycles. The fourth-order valence-electron chi connectivity index (χ4n) is 2.65. The van der Waals surface area contributed by atoms with E-state index in [2.05, 4.69) is 47.4 Å². The first-order valence-corrected chi connectivity index (χ1v) is 8.32. The first-order valence-electron chi connectivity index (χ1n) is 6.61. The molecule has 0 radical (unpaired) electrons.